The number of benzene rings is 1. The van der Waals surface area contributed by atoms with E-state index in [-0.39, 0.29) is 17.1 Å². The summed E-state index contributed by atoms with van der Waals surface area (Å²) in [5.74, 6) is -0.559. The molecule has 102 valence electrons. The fraction of sp³-hybridized carbons (Fsp3) is 0. The Morgan fingerprint density at radius 3 is 2.80 bits per heavy atom. The van der Waals surface area contributed by atoms with Crippen molar-refractivity contribution in [2.24, 2.45) is 0 Å². The van der Waals surface area contributed by atoms with Crippen LogP contribution in [0.3, 0.4) is 0 Å². The van der Waals surface area contributed by atoms with E-state index in [2.05, 4.69) is 32.9 Å². The van der Waals surface area contributed by atoms with Crippen molar-refractivity contribution in [3.63, 3.8) is 0 Å². The molecule has 7 nitrogen and oxygen atoms in total. The van der Waals surface area contributed by atoms with Gasteiger partial charge in [0.1, 0.15) is 17.6 Å². The highest BCUT2D eigenvalue weighted by molar-refractivity contribution is 14.1. The number of hydrogen-bond donors (Lipinski definition) is 2. The zero-order valence-corrected chi connectivity index (χ0v) is 12.2. The average molecular weight is 384 g/mol. The van der Waals surface area contributed by atoms with Gasteiger partial charge in [-0.2, -0.15) is 0 Å². The van der Waals surface area contributed by atoms with E-state index >= 15 is 0 Å². The number of carbonyl (C=O) groups excluding carboxylic acids is 1. The molecule has 0 aliphatic heterocycles. The number of pyridine rings is 1. The van der Waals surface area contributed by atoms with Gasteiger partial charge in [-0.05, 0) is 46.9 Å². The number of nitrogens with two attached hydrogens (primary N) is 1. The highest BCUT2D eigenvalue weighted by Crippen LogP contribution is 2.21. The number of nitrogen functional groups attached to an aromatic ring is 1. The Labute approximate surface area is 127 Å². The first-order valence-electron chi connectivity index (χ1n) is 5.44. The molecule has 0 aliphatic carbocycles. The van der Waals surface area contributed by atoms with Gasteiger partial charge in [0, 0.05) is 9.26 Å². The molecule has 8 heteroatoms. The second-order valence-electron chi connectivity index (χ2n) is 3.85. The molecule has 0 unspecified atom stereocenters. The number of aromatic nitrogens is 1. The quantitative estimate of drug-likeness (QED) is 0.480. The third kappa shape index (κ3) is 3.20. The maximum Gasteiger partial charge on any atom is 0.300 e. The zero-order valence-electron chi connectivity index (χ0n) is 10.0. The summed E-state index contributed by atoms with van der Waals surface area (Å²) in [6.07, 6.45) is 0.971. The molecule has 0 aliphatic rings. The van der Waals surface area contributed by atoms with Gasteiger partial charge in [0.05, 0.1) is 4.92 Å². The normalized spacial score (nSPS) is 10.1. The van der Waals surface area contributed by atoms with Crippen LogP contribution in [0.2, 0.25) is 0 Å². The number of amides is 1. The summed E-state index contributed by atoms with van der Waals surface area (Å²) in [7, 11) is 0. The van der Waals surface area contributed by atoms with Crippen molar-refractivity contribution in [1.82, 2.24) is 4.98 Å². The van der Waals surface area contributed by atoms with Crippen LogP contribution < -0.4 is 11.1 Å². The first kappa shape index (κ1) is 14.2. The molecule has 0 saturated carbocycles. The van der Waals surface area contributed by atoms with E-state index in [0.29, 0.717) is 5.69 Å². The number of nitrogens with zero attached hydrogens (tertiary/aromatic N) is 2. The zero-order chi connectivity index (χ0) is 14.7. The van der Waals surface area contributed by atoms with E-state index in [1.54, 1.807) is 18.2 Å². The highest BCUT2D eigenvalue weighted by Gasteiger charge is 2.21. The van der Waals surface area contributed by atoms with Gasteiger partial charge in [-0.1, -0.05) is 6.07 Å². The Morgan fingerprint density at radius 1 is 1.40 bits per heavy atom. The number of anilines is 2. The lowest BCUT2D eigenvalue weighted by molar-refractivity contribution is -0.385. The molecular formula is C12H9IN4O3. The van der Waals surface area contributed by atoms with Crippen LogP contribution in [0.4, 0.5) is 17.2 Å². The largest absolute Gasteiger partial charge is 0.384 e. The third-order valence-electron chi connectivity index (χ3n) is 2.43. The molecule has 0 bridgehead atoms. The topological polar surface area (TPSA) is 111 Å². The first-order chi connectivity index (χ1) is 9.47. The molecule has 1 heterocycles. The smallest absolute Gasteiger partial charge is 0.300 e. The molecule has 20 heavy (non-hydrogen) atoms. The maximum atomic E-state index is 12.1. The van der Waals surface area contributed by atoms with E-state index in [1.165, 1.54) is 6.07 Å². The minimum atomic E-state index is -0.671. The molecule has 3 N–H and O–H groups in total. The molecule has 2 rings (SSSR count). The summed E-state index contributed by atoms with van der Waals surface area (Å²) in [6.45, 7) is 0. The van der Waals surface area contributed by atoms with E-state index < -0.39 is 10.8 Å². The standard InChI is InChI=1S/C12H9IN4O3/c13-7-2-1-3-8(4-7)16-12(18)9-5-11(14)15-6-10(9)17(19)20/h1-6H,(H2,14,15)(H,16,18). The predicted octanol–water partition coefficient (Wildman–Crippen LogP) is 2.43. The fourth-order valence-corrected chi connectivity index (χ4v) is 2.10. The molecule has 0 radical (unpaired) electrons. The number of nitrogens with one attached hydrogen (secondary N) is 1. The SMILES string of the molecule is Nc1cc(C(=O)Nc2cccc(I)c2)c([N+](=O)[O-])cn1. The number of halogens is 1. The van der Waals surface area contributed by atoms with Gasteiger partial charge >= 0.3 is 0 Å². The van der Waals surface area contributed by atoms with Crippen LogP contribution >= 0.6 is 22.6 Å². The lowest BCUT2D eigenvalue weighted by atomic mass is 10.2. The molecule has 1 aromatic carbocycles. The summed E-state index contributed by atoms with van der Waals surface area (Å²) < 4.78 is 0.934. The van der Waals surface area contributed by atoms with E-state index in [4.69, 9.17) is 5.73 Å². The Bertz CT molecular complexity index is 690. The molecule has 0 fully saturated rings. The van der Waals surface area contributed by atoms with Crippen molar-refractivity contribution in [2.45, 2.75) is 0 Å². The van der Waals surface area contributed by atoms with Gasteiger partial charge < -0.3 is 11.1 Å². The minimum Gasteiger partial charge on any atom is -0.384 e. The second kappa shape index (κ2) is 5.82. The maximum absolute atomic E-state index is 12.1. The Kier molecular flexibility index (Phi) is 4.13. The van der Waals surface area contributed by atoms with Gasteiger partial charge in [0.15, 0.2) is 0 Å². The van der Waals surface area contributed by atoms with Crippen LogP contribution in [0.15, 0.2) is 36.5 Å². The van der Waals surface area contributed by atoms with Gasteiger partial charge in [0.25, 0.3) is 11.6 Å². The van der Waals surface area contributed by atoms with E-state index in [9.17, 15) is 14.9 Å². The predicted molar refractivity (Wildman–Crippen MR) is 82.4 cm³/mol. The highest BCUT2D eigenvalue weighted by atomic mass is 127. The molecular weight excluding hydrogens is 375 g/mol. The van der Waals surface area contributed by atoms with Crippen LogP contribution in [0.1, 0.15) is 10.4 Å². The lowest BCUT2D eigenvalue weighted by Crippen LogP contribution is -2.15. The van der Waals surface area contributed by atoms with Gasteiger partial charge in [-0.15, -0.1) is 0 Å². The van der Waals surface area contributed by atoms with E-state index in [1.807, 2.05) is 6.07 Å². The Balaban J connectivity index is 2.34. The van der Waals surface area contributed by atoms with Crippen LogP contribution in [0.25, 0.3) is 0 Å². The summed E-state index contributed by atoms with van der Waals surface area (Å²) in [6, 6.07) is 8.25. The van der Waals surface area contributed by atoms with Gasteiger partial charge in [-0.25, -0.2) is 4.98 Å². The Morgan fingerprint density at radius 2 is 2.15 bits per heavy atom. The van der Waals surface area contributed by atoms with Crippen molar-refractivity contribution in [2.75, 3.05) is 11.1 Å². The molecule has 1 aromatic heterocycles. The number of rotatable bonds is 3. The van der Waals surface area contributed by atoms with Crippen LogP contribution in [-0.4, -0.2) is 15.8 Å². The summed E-state index contributed by atoms with van der Waals surface area (Å²) >= 11 is 2.10. The van der Waals surface area contributed by atoms with Crippen molar-refractivity contribution < 1.29 is 9.72 Å². The van der Waals surface area contributed by atoms with Crippen molar-refractivity contribution in [3.8, 4) is 0 Å². The monoisotopic (exact) mass is 384 g/mol. The van der Waals surface area contributed by atoms with Gasteiger partial charge in [-0.3, -0.25) is 14.9 Å². The molecule has 0 saturated heterocycles. The number of nitro groups is 1. The minimum absolute atomic E-state index is 0.0448. The number of hydrogen-bond acceptors (Lipinski definition) is 5. The summed E-state index contributed by atoms with van der Waals surface area (Å²) in [5, 5.41) is 13.5. The fourth-order valence-electron chi connectivity index (χ4n) is 1.56. The van der Waals surface area contributed by atoms with Crippen molar-refractivity contribution in [3.05, 3.63) is 55.8 Å². The summed E-state index contributed by atoms with van der Waals surface area (Å²) in [4.78, 5) is 25.9. The van der Waals surface area contributed by atoms with Crippen LogP contribution in [0.5, 0.6) is 0 Å². The first-order valence-corrected chi connectivity index (χ1v) is 6.52. The third-order valence-corrected chi connectivity index (χ3v) is 3.10. The average Bonchev–Trinajstić information content (AvgIpc) is 2.38. The van der Waals surface area contributed by atoms with E-state index in [0.717, 1.165) is 9.77 Å². The molecule has 0 spiro atoms. The number of carbonyl (C=O) groups is 1. The van der Waals surface area contributed by atoms with Crippen LogP contribution in [-0.2, 0) is 0 Å². The molecule has 1 amide bonds. The Hall–Kier alpha value is -2.23. The van der Waals surface area contributed by atoms with Crippen molar-refractivity contribution in [1.29, 1.82) is 0 Å². The molecule has 2 aromatic rings. The van der Waals surface area contributed by atoms with Crippen molar-refractivity contribution >= 4 is 45.7 Å². The van der Waals surface area contributed by atoms with Crippen LogP contribution in [0, 0.1) is 13.7 Å². The summed E-state index contributed by atoms with van der Waals surface area (Å²) in [5.41, 5.74) is 5.51. The lowest BCUT2D eigenvalue weighted by Gasteiger charge is -2.06. The second-order valence-corrected chi connectivity index (χ2v) is 5.09. The van der Waals surface area contributed by atoms with Gasteiger partial charge in [0.2, 0.25) is 0 Å². The molecule has 0 atom stereocenters.